The minimum absolute atomic E-state index is 0.281. The van der Waals surface area contributed by atoms with E-state index >= 15 is 0 Å². The number of amides is 1. The Morgan fingerprint density at radius 1 is 1.29 bits per heavy atom. The van der Waals surface area contributed by atoms with E-state index in [2.05, 4.69) is 21.2 Å². The van der Waals surface area contributed by atoms with Gasteiger partial charge in [0, 0.05) is 16.7 Å². The van der Waals surface area contributed by atoms with E-state index < -0.39 is 11.5 Å². The van der Waals surface area contributed by atoms with Gasteiger partial charge in [0.25, 0.3) is 5.91 Å². The number of hydrogen-bond acceptors (Lipinski definition) is 2. The van der Waals surface area contributed by atoms with Gasteiger partial charge in [0.05, 0.1) is 0 Å². The van der Waals surface area contributed by atoms with E-state index in [4.69, 9.17) is 0 Å². The molecule has 3 rings (SSSR count). The number of aromatic nitrogens is 1. The Kier molecular flexibility index (Phi) is 3.82. The van der Waals surface area contributed by atoms with Crippen LogP contribution in [0.2, 0.25) is 0 Å². The number of carboxylic acids is 1. The second-order valence-electron chi connectivity index (χ2n) is 6.08. The zero-order valence-corrected chi connectivity index (χ0v) is 13.4. The Hall–Kier alpha value is -1.30. The molecular weight excluding hydrogens is 336 g/mol. The van der Waals surface area contributed by atoms with Gasteiger partial charge in [0.1, 0.15) is 11.2 Å². The first-order valence-corrected chi connectivity index (χ1v) is 8.24. The minimum atomic E-state index is -1.10. The summed E-state index contributed by atoms with van der Waals surface area (Å²) in [6, 6.07) is 2.15. The molecule has 1 aromatic heterocycles. The van der Waals surface area contributed by atoms with E-state index in [1.54, 1.807) is 6.07 Å². The van der Waals surface area contributed by atoms with Gasteiger partial charge < -0.3 is 15.0 Å². The fraction of sp³-hybridized carbons (Fsp3) is 0.600. The molecule has 1 amide bonds. The molecule has 0 aromatic carbocycles. The Morgan fingerprint density at radius 2 is 1.95 bits per heavy atom. The largest absolute Gasteiger partial charge is 0.480 e. The summed E-state index contributed by atoms with van der Waals surface area (Å²) in [5.41, 5.74) is -0.545. The van der Waals surface area contributed by atoms with Crippen LogP contribution in [0.5, 0.6) is 0 Å². The molecule has 21 heavy (non-hydrogen) atoms. The molecule has 2 aliphatic rings. The van der Waals surface area contributed by atoms with Gasteiger partial charge in [0.2, 0.25) is 0 Å². The first-order valence-electron chi connectivity index (χ1n) is 7.45. The van der Waals surface area contributed by atoms with Crippen molar-refractivity contribution in [3.63, 3.8) is 0 Å². The Bertz CT molecular complexity index is 571. The normalized spacial score (nSPS) is 21.0. The second kappa shape index (κ2) is 5.48. The van der Waals surface area contributed by atoms with Crippen molar-refractivity contribution in [1.82, 2.24) is 9.88 Å². The number of nitrogens with zero attached hydrogens (tertiary/aromatic N) is 1. The van der Waals surface area contributed by atoms with Gasteiger partial charge in [-0.1, -0.05) is 19.3 Å². The van der Waals surface area contributed by atoms with Crippen LogP contribution in [0.15, 0.2) is 16.7 Å². The highest BCUT2D eigenvalue weighted by Crippen LogP contribution is 2.38. The molecule has 2 aliphatic carbocycles. The number of halogens is 1. The third-order valence-corrected chi connectivity index (χ3v) is 4.89. The molecule has 2 N–H and O–H groups in total. The Balaban J connectivity index is 1.83. The van der Waals surface area contributed by atoms with Crippen LogP contribution in [0.3, 0.4) is 0 Å². The van der Waals surface area contributed by atoms with Crippen molar-refractivity contribution >= 4 is 27.8 Å². The van der Waals surface area contributed by atoms with Crippen molar-refractivity contribution in [2.75, 3.05) is 0 Å². The predicted molar refractivity (Wildman–Crippen MR) is 81.3 cm³/mol. The van der Waals surface area contributed by atoms with Gasteiger partial charge in [-0.25, -0.2) is 4.79 Å². The highest BCUT2D eigenvalue weighted by Gasteiger charge is 2.42. The van der Waals surface area contributed by atoms with Crippen LogP contribution in [-0.4, -0.2) is 27.1 Å². The third kappa shape index (κ3) is 2.86. The summed E-state index contributed by atoms with van der Waals surface area (Å²) < 4.78 is 2.81. The molecule has 6 heteroatoms. The predicted octanol–water partition coefficient (Wildman–Crippen LogP) is 3.10. The molecule has 0 unspecified atom stereocenters. The summed E-state index contributed by atoms with van der Waals surface area (Å²) in [6.45, 7) is 0. The van der Waals surface area contributed by atoms with Gasteiger partial charge in [0.15, 0.2) is 0 Å². The number of carbonyl (C=O) groups is 2. The molecule has 0 atom stereocenters. The molecule has 0 bridgehead atoms. The number of hydrogen-bond donors (Lipinski definition) is 2. The second-order valence-corrected chi connectivity index (χ2v) is 7.00. The molecule has 0 radical (unpaired) electrons. The molecule has 1 heterocycles. The van der Waals surface area contributed by atoms with Crippen molar-refractivity contribution in [3.05, 3.63) is 22.4 Å². The van der Waals surface area contributed by atoms with Crippen LogP contribution >= 0.6 is 15.9 Å². The summed E-state index contributed by atoms with van der Waals surface area (Å²) in [4.78, 5) is 24.2. The van der Waals surface area contributed by atoms with E-state index in [0.717, 1.165) is 36.6 Å². The van der Waals surface area contributed by atoms with E-state index in [1.165, 1.54) is 0 Å². The van der Waals surface area contributed by atoms with Crippen LogP contribution in [0.1, 0.15) is 61.5 Å². The van der Waals surface area contributed by atoms with E-state index in [0.29, 0.717) is 24.6 Å². The lowest BCUT2D eigenvalue weighted by atomic mass is 9.81. The first kappa shape index (κ1) is 14.6. The highest BCUT2D eigenvalue weighted by molar-refractivity contribution is 9.10. The quantitative estimate of drug-likeness (QED) is 0.872. The molecule has 2 saturated carbocycles. The lowest BCUT2D eigenvalue weighted by Gasteiger charge is -2.34. The third-order valence-electron chi connectivity index (χ3n) is 4.46. The molecule has 0 aliphatic heterocycles. The molecule has 5 nitrogen and oxygen atoms in total. The van der Waals surface area contributed by atoms with Gasteiger partial charge in [-0.2, -0.15) is 0 Å². The maximum atomic E-state index is 12.6. The van der Waals surface area contributed by atoms with Crippen LogP contribution in [0, 0.1) is 0 Å². The molecular formula is C15H19BrN2O3. The molecule has 1 aromatic rings. The van der Waals surface area contributed by atoms with Crippen LogP contribution < -0.4 is 5.32 Å². The summed E-state index contributed by atoms with van der Waals surface area (Å²) in [7, 11) is 0. The van der Waals surface area contributed by atoms with Crippen molar-refractivity contribution in [2.24, 2.45) is 0 Å². The maximum Gasteiger partial charge on any atom is 0.329 e. The monoisotopic (exact) mass is 354 g/mol. The number of carbonyl (C=O) groups excluding carboxylic acids is 1. The van der Waals surface area contributed by atoms with Gasteiger partial charge in [-0.3, -0.25) is 4.79 Å². The number of aliphatic carboxylic acids is 1. The fourth-order valence-corrected chi connectivity index (χ4v) is 3.55. The zero-order chi connectivity index (χ0) is 15.0. The number of carboxylic acid groups (broad SMARTS) is 1. The van der Waals surface area contributed by atoms with Gasteiger partial charge in [-0.15, -0.1) is 0 Å². The lowest BCUT2D eigenvalue weighted by molar-refractivity contribution is -0.145. The smallest absolute Gasteiger partial charge is 0.329 e. The van der Waals surface area contributed by atoms with Crippen molar-refractivity contribution < 1.29 is 14.7 Å². The Morgan fingerprint density at radius 3 is 2.52 bits per heavy atom. The van der Waals surface area contributed by atoms with E-state index in [1.807, 2.05) is 10.8 Å². The zero-order valence-electron chi connectivity index (χ0n) is 11.8. The van der Waals surface area contributed by atoms with Crippen molar-refractivity contribution in [2.45, 2.75) is 56.5 Å². The molecule has 2 fully saturated rings. The van der Waals surface area contributed by atoms with Gasteiger partial charge >= 0.3 is 5.97 Å². The molecule has 114 valence electrons. The number of rotatable bonds is 4. The Labute approximate surface area is 131 Å². The maximum absolute atomic E-state index is 12.6. The first-order chi connectivity index (χ1) is 10.0. The van der Waals surface area contributed by atoms with E-state index in [9.17, 15) is 14.7 Å². The van der Waals surface area contributed by atoms with Crippen molar-refractivity contribution in [1.29, 1.82) is 0 Å². The van der Waals surface area contributed by atoms with Gasteiger partial charge in [-0.05, 0) is 47.7 Å². The summed E-state index contributed by atoms with van der Waals surface area (Å²) in [5, 5.41) is 12.4. The van der Waals surface area contributed by atoms with E-state index in [-0.39, 0.29) is 5.91 Å². The van der Waals surface area contributed by atoms with Crippen molar-refractivity contribution in [3.8, 4) is 0 Å². The summed E-state index contributed by atoms with van der Waals surface area (Å²) in [6.07, 6.45) is 7.81. The molecule has 0 saturated heterocycles. The van der Waals surface area contributed by atoms with Crippen LogP contribution in [0.25, 0.3) is 0 Å². The average molecular weight is 355 g/mol. The fourth-order valence-electron chi connectivity index (χ4n) is 3.11. The highest BCUT2D eigenvalue weighted by atomic mass is 79.9. The molecule has 0 spiro atoms. The average Bonchev–Trinajstić information content (AvgIpc) is 3.22. The standard InChI is InChI=1S/C15H19BrN2O3/c16-10-8-12(18(9-10)11-4-5-11)13(19)17-15(14(20)21)6-2-1-3-7-15/h8-9,11H,1-7H2,(H,17,19)(H,20,21). The lowest BCUT2D eigenvalue weighted by Crippen LogP contribution is -2.55. The summed E-state index contributed by atoms with van der Waals surface area (Å²) in [5.74, 6) is -1.20. The minimum Gasteiger partial charge on any atom is -0.480 e. The number of nitrogens with one attached hydrogen (secondary N) is 1. The summed E-state index contributed by atoms with van der Waals surface area (Å²) >= 11 is 3.40. The SMILES string of the molecule is O=C(NC1(C(=O)O)CCCCC1)c1cc(Br)cn1C1CC1. The van der Waals surface area contributed by atoms with Crippen LogP contribution in [0.4, 0.5) is 0 Å². The topological polar surface area (TPSA) is 71.3 Å². The van der Waals surface area contributed by atoms with Crippen LogP contribution in [-0.2, 0) is 4.79 Å².